The predicted molar refractivity (Wildman–Crippen MR) is 380 cm³/mol. The highest BCUT2D eigenvalue weighted by atomic mass is 31.2. The molecule has 0 aromatic rings. The lowest BCUT2D eigenvalue weighted by Crippen LogP contribution is -2.46. The molecule has 0 fully saturated rings. The van der Waals surface area contributed by atoms with Crippen molar-refractivity contribution in [2.75, 3.05) is 40.9 Å². The molecule has 0 aliphatic heterocycles. The van der Waals surface area contributed by atoms with Gasteiger partial charge in [0.05, 0.1) is 39.9 Å². The number of aliphatic hydroxyl groups is 1. The number of aliphatic hydroxyl groups excluding tert-OH is 1. The second kappa shape index (κ2) is 68.1. The SMILES string of the molecule is CC/C=C\C/C=C\C/C=C\C/C=C\C/C=C\C/C=C\C/C=C\CCCCCCCCCCCCCCCC(=O)NC(COP(=O)([O-])OCC[N+](C)(C)C)C(O)CCCCCCCCCCCCCCCCCCCCCCCCCCCCCCCC. The largest absolute Gasteiger partial charge is 0.756 e. The molecule has 0 aromatic carbocycles. The number of allylic oxidation sites excluding steroid dienone is 14. The zero-order chi connectivity index (χ0) is 63.4. The summed E-state index contributed by atoms with van der Waals surface area (Å²) < 4.78 is 23.6. The maximum atomic E-state index is 13.1. The standard InChI is InChI=1S/C78H145N2O6P/c1-6-8-10-12-14-16-18-20-22-24-26-28-30-32-34-36-38-39-40-41-42-44-46-48-50-52-54-56-58-60-62-64-66-68-70-72-78(82)79-76(75-86-87(83,84)85-74-73-80(3,4)5)77(81)71-69-67-65-63-61-59-57-55-53-51-49-47-45-43-37-35-33-31-29-27-25-23-21-19-17-15-13-11-9-7-2/h8,10,14,16,20,22,26,28,32,34,38-39,41-42,76-77,81H,6-7,9,11-13,15,17-19,21,23-25,27,29-31,33,35-37,40,43-75H2,1-5H3,(H-,79,82,83,84)/b10-8-,16-14-,22-20-,28-26-,34-32-,39-38-,42-41-. The van der Waals surface area contributed by atoms with Gasteiger partial charge >= 0.3 is 0 Å². The molecule has 508 valence electrons. The van der Waals surface area contributed by atoms with Crippen LogP contribution >= 0.6 is 7.82 Å². The maximum Gasteiger partial charge on any atom is 0.268 e. The number of phosphoric acid groups is 1. The lowest BCUT2D eigenvalue weighted by atomic mass is 10.0. The summed E-state index contributed by atoms with van der Waals surface area (Å²) in [5, 5.41) is 14.1. The highest BCUT2D eigenvalue weighted by Gasteiger charge is 2.24. The topological polar surface area (TPSA) is 108 Å². The van der Waals surface area contributed by atoms with Gasteiger partial charge < -0.3 is 28.8 Å². The zero-order valence-corrected chi connectivity index (χ0v) is 59.1. The molecular formula is C78H145N2O6P. The Hall–Kier alpha value is -2.32. The Kier molecular flexibility index (Phi) is 66.2. The number of phosphoric ester groups is 1. The van der Waals surface area contributed by atoms with E-state index < -0.39 is 20.0 Å². The second-order valence-electron chi connectivity index (χ2n) is 26.6. The van der Waals surface area contributed by atoms with Gasteiger partial charge in [-0.15, -0.1) is 0 Å². The number of likely N-dealkylation sites (N-methyl/N-ethyl adjacent to an activating group) is 1. The van der Waals surface area contributed by atoms with E-state index in [4.69, 9.17) is 9.05 Å². The number of rotatable bonds is 69. The van der Waals surface area contributed by atoms with Gasteiger partial charge in [0.1, 0.15) is 13.2 Å². The van der Waals surface area contributed by atoms with Crippen molar-refractivity contribution < 1.29 is 32.9 Å². The Morgan fingerprint density at radius 3 is 1.02 bits per heavy atom. The molecule has 0 bridgehead atoms. The third-order valence-corrected chi connectivity index (χ3v) is 17.9. The fourth-order valence-electron chi connectivity index (χ4n) is 11.1. The third kappa shape index (κ3) is 71.0. The molecule has 0 aliphatic carbocycles. The fraction of sp³-hybridized carbons (Fsp3) is 0.808. The van der Waals surface area contributed by atoms with Crippen molar-refractivity contribution in [3.05, 3.63) is 85.1 Å². The lowest BCUT2D eigenvalue weighted by molar-refractivity contribution is -0.870. The molecule has 0 heterocycles. The molecule has 0 rings (SSSR count). The van der Waals surface area contributed by atoms with Gasteiger partial charge in [0.15, 0.2) is 0 Å². The van der Waals surface area contributed by atoms with E-state index in [0.717, 1.165) is 83.5 Å². The number of hydrogen-bond acceptors (Lipinski definition) is 6. The van der Waals surface area contributed by atoms with Crippen molar-refractivity contribution >= 4 is 13.7 Å². The Bertz CT molecular complexity index is 1700. The van der Waals surface area contributed by atoms with Crippen LogP contribution in [0.15, 0.2) is 85.1 Å². The van der Waals surface area contributed by atoms with Gasteiger partial charge in [-0.25, -0.2) is 0 Å². The van der Waals surface area contributed by atoms with Crippen molar-refractivity contribution in [3.63, 3.8) is 0 Å². The molecule has 0 saturated heterocycles. The average Bonchev–Trinajstić information content (AvgIpc) is 3.70. The first-order valence-electron chi connectivity index (χ1n) is 37.4. The van der Waals surface area contributed by atoms with Crippen LogP contribution in [-0.4, -0.2) is 68.5 Å². The van der Waals surface area contributed by atoms with Crippen LogP contribution in [0.3, 0.4) is 0 Å². The number of unbranched alkanes of at least 4 members (excludes halogenated alkanes) is 42. The molecule has 0 saturated carbocycles. The molecule has 0 radical (unpaired) electrons. The predicted octanol–water partition coefficient (Wildman–Crippen LogP) is 23.6. The van der Waals surface area contributed by atoms with Gasteiger partial charge in [0, 0.05) is 6.42 Å². The van der Waals surface area contributed by atoms with Crippen LogP contribution in [0.25, 0.3) is 0 Å². The molecule has 0 aromatic heterocycles. The highest BCUT2D eigenvalue weighted by molar-refractivity contribution is 7.45. The van der Waals surface area contributed by atoms with E-state index in [9.17, 15) is 19.4 Å². The van der Waals surface area contributed by atoms with Crippen LogP contribution in [0.4, 0.5) is 0 Å². The molecule has 87 heavy (non-hydrogen) atoms. The van der Waals surface area contributed by atoms with E-state index in [2.05, 4.69) is 104 Å². The number of quaternary nitrogens is 1. The van der Waals surface area contributed by atoms with Gasteiger partial charge in [-0.05, 0) is 70.6 Å². The van der Waals surface area contributed by atoms with Crippen LogP contribution in [0.1, 0.15) is 354 Å². The summed E-state index contributed by atoms with van der Waals surface area (Å²) in [4.78, 5) is 25.7. The zero-order valence-electron chi connectivity index (χ0n) is 58.2. The van der Waals surface area contributed by atoms with Crippen LogP contribution in [-0.2, 0) is 18.4 Å². The molecule has 2 N–H and O–H groups in total. The Morgan fingerprint density at radius 1 is 0.414 bits per heavy atom. The third-order valence-electron chi connectivity index (χ3n) is 16.9. The number of nitrogens with one attached hydrogen (secondary N) is 1. The summed E-state index contributed by atoms with van der Waals surface area (Å²) in [7, 11) is 1.31. The van der Waals surface area contributed by atoms with E-state index in [1.807, 2.05) is 21.1 Å². The van der Waals surface area contributed by atoms with Crippen molar-refractivity contribution in [1.29, 1.82) is 0 Å². The van der Waals surface area contributed by atoms with E-state index in [0.29, 0.717) is 23.9 Å². The summed E-state index contributed by atoms with van der Waals surface area (Å²) in [6.45, 7) is 4.65. The van der Waals surface area contributed by atoms with Crippen molar-refractivity contribution in [2.24, 2.45) is 0 Å². The van der Waals surface area contributed by atoms with Crippen molar-refractivity contribution in [2.45, 2.75) is 366 Å². The first-order valence-corrected chi connectivity index (χ1v) is 38.9. The average molecular weight is 1240 g/mol. The van der Waals surface area contributed by atoms with Crippen LogP contribution in [0.2, 0.25) is 0 Å². The minimum atomic E-state index is -4.59. The smallest absolute Gasteiger partial charge is 0.268 e. The number of carbonyl (C=O) groups excluding carboxylic acids is 1. The van der Waals surface area contributed by atoms with Crippen LogP contribution in [0, 0.1) is 0 Å². The van der Waals surface area contributed by atoms with E-state index >= 15 is 0 Å². The first kappa shape index (κ1) is 84.7. The molecule has 0 aliphatic rings. The Morgan fingerprint density at radius 2 is 0.701 bits per heavy atom. The molecule has 9 heteroatoms. The second-order valence-corrected chi connectivity index (χ2v) is 28.0. The summed E-state index contributed by atoms with van der Waals surface area (Å²) >= 11 is 0. The number of carbonyl (C=O) groups is 1. The lowest BCUT2D eigenvalue weighted by Gasteiger charge is -2.30. The summed E-state index contributed by atoms with van der Waals surface area (Å²) in [6, 6.07) is -0.808. The fourth-order valence-corrected chi connectivity index (χ4v) is 11.9. The Labute approximate surface area is 541 Å². The van der Waals surface area contributed by atoms with Crippen LogP contribution in [0.5, 0.6) is 0 Å². The molecule has 8 nitrogen and oxygen atoms in total. The van der Waals surface area contributed by atoms with Crippen LogP contribution < -0.4 is 10.2 Å². The first-order chi connectivity index (χ1) is 42.5. The van der Waals surface area contributed by atoms with Gasteiger partial charge in [-0.3, -0.25) is 9.36 Å². The maximum absolute atomic E-state index is 13.1. The van der Waals surface area contributed by atoms with E-state index in [1.54, 1.807) is 0 Å². The van der Waals surface area contributed by atoms with Crippen molar-refractivity contribution in [3.8, 4) is 0 Å². The molecule has 1 amide bonds. The van der Waals surface area contributed by atoms with Gasteiger partial charge in [0.2, 0.25) is 5.91 Å². The minimum absolute atomic E-state index is 0.0102. The summed E-state index contributed by atoms with van der Waals surface area (Å²) in [5.41, 5.74) is 0. The van der Waals surface area contributed by atoms with E-state index in [-0.39, 0.29) is 19.1 Å². The summed E-state index contributed by atoms with van der Waals surface area (Å²) in [6.07, 6.45) is 96.7. The van der Waals surface area contributed by atoms with Gasteiger partial charge in [0.25, 0.3) is 7.82 Å². The molecular weight excluding hydrogens is 1090 g/mol. The number of hydrogen-bond donors (Lipinski definition) is 2. The highest BCUT2D eigenvalue weighted by Crippen LogP contribution is 2.38. The normalized spacial score (nSPS) is 14.1. The van der Waals surface area contributed by atoms with E-state index in [1.165, 1.54) is 244 Å². The quantitative estimate of drug-likeness (QED) is 0.0272. The molecule has 0 spiro atoms. The Balaban J connectivity index is 4.02. The van der Waals surface area contributed by atoms with Crippen molar-refractivity contribution in [1.82, 2.24) is 5.32 Å². The van der Waals surface area contributed by atoms with Gasteiger partial charge in [-0.2, -0.15) is 0 Å². The number of amides is 1. The molecule has 3 unspecified atom stereocenters. The molecule has 3 atom stereocenters. The monoisotopic (exact) mass is 1240 g/mol. The number of nitrogens with zero attached hydrogens (tertiary/aromatic N) is 1. The van der Waals surface area contributed by atoms with Gasteiger partial charge in [-0.1, -0.05) is 362 Å². The minimum Gasteiger partial charge on any atom is -0.756 e. The summed E-state index contributed by atoms with van der Waals surface area (Å²) in [5.74, 6) is -0.164.